The van der Waals surface area contributed by atoms with Crippen LogP contribution in [0.1, 0.15) is 48.0 Å². The molecule has 124 valence electrons. The fraction of sp³-hybridized carbons (Fsp3) is 0.300. The van der Waals surface area contributed by atoms with Gasteiger partial charge in [-0.25, -0.2) is 4.98 Å². The molecule has 2 rings (SSSR count). The Bertz CT molecular complexity index is 761. The smallest absolute Gasteiger partial charge is 0.270 e. The SMILES string of the molecule is Cc1ccc(C#Cc2ccc(C(=O)N[C@H](C)C(C)(C)O)nc2)cc1. The van der Waals surface area contributed by atoms with Gasteiger partial charge < -0.3 is 10.4 Å². The number of hydrogen-bond acceptors (Lipinski definition) is 3. The summed E-state index contributed by atoms with van der Waals surface area (Å²) in [5.41, 5.74) is 2.17. The fourth-order valence-electron chi connectivity index (χ4n) is 1.83. The normalized spacial score (nSPS) is 12.0. The summed E-state index contributed by atoms with van der Waals surface area (Å²) in [4.78, 5) is 16.2. The zero-order valence-corrected chi connectivity index (χ0v) is 14.4. The van der Waals surface area contributed by atoms with E-state index in [9.17, 15) is 9.90 Å². The second kappa shape index (κ2) is 7.29. The van der Waals surface area contributed by atoms with Crippen LogP contribution < -0.4 is 5.32 Å². The van der Waals surface area contributed by atoms with E-state index in [4.69, 9.17) is 0 Å². The Morgan fingerprint density at radius 3 is 2.25 bits per heavy atom. The topological polar surface area (TPSA) is 62.2 Å². The first-order chi connectivity index (χ1) is 11.3. The third-order valence-corrected chi connectivity index (χ3v) is 3.81. The maximum Gasteiger partial charge on any atom is 0.270 e. The Morgan fingerprint density at radius 2 is 1.71 bits per heavy atom. The summed E-state index contributed by atoms with van der Waals surface area (Å²) in [6.07, 6.45) is 1.57. The van der Waals surface area contributed by atoms with Gasteiger partial charge in [0, 0.05) is 17.3 Å². The molecule has 0 spiro atoms. The van der Waals surface area contributed by atoms with Crippen LogP contribution in [-0.2, 0) is 0 Å². The quantitative estimate of drug-likeness (QED) is 0.854. The Kier molecular flexibility index (Phi) is 5.38. The summed E-state index contributed by atoms with van der Waals surface area (Å²) >= 11 is 0. The van der Waals surface area contributed by atoms with Crippen molar-refractivity contribution in [3.8, 4) is 11.8 Å². The van der Waals surface area contributed by atoms with E-state index in [1.54, 1.807) is 39.1 Å². The summed E-state index contributed by atoms with van der Waals surface area (Å²) in [7, 11) is 0. The van der Waals surface area contributed by atoms with E-state index in [-0.39, 0.29) is 11.9 Å². The first kappa shape index (κ1) is 17.7. The highest BCUT2D eigenvalue weighted by Gasteiger charge is 2.24. The van der Waals surface area contributed by atoms with Crippen LogP contribution in [0.4, 0.5) is 0 Å². The van der Waals surface area contributed by atoms with Crippen molar-refractivity contribution >= 4 is 5.91 Å². The molecule has 4 heteroatoms. The van der Waals surface area contributed by atoms with Crippen molar-refractivity contribution < 1.29 is 9.90 Å². The van der Waals surface area contributed by atoms with E-state index in [1.807, 2.05) is 31.2 Å². The molecule has 4 nitrogen and oxygen atoms in total. The molecule has 0 saturated carbocycles. The first-order valence-electron chi connectivity index (χ1n) is 7.83. The van der Waals surface area contributed by atoms with Crippen LogP contribution in [0.2, 0.25) is 0 Å². The lowest BCUT2D eigenvalue weighted by Gasteiger charge is -2.26. The fourth-order valence-corrected chi connectivity index (χ4v) is 1.83. The lowest BCUT2D eigenvalue weighted by molar-refractivity contribution is 0.0407. The average Bonchev–Trinajstić information content (AvgIpc) is 2.54. The van der Waals surface area contributed by atoms with Crippen molar-refractivity contribution in [2.75, 3.05) is 0 Å². The number of hydrogen-bond donors (Lipinski definition) is 2. The molecule has 0 radical (unpaired) electrons. The molecular formula is C20H22N2O2. The molecule has 0 saturated heterocycles. The molecule has 1 aromatic heterocycles. The van der Waals surface area contributed by atoms with E-state index in [0.717, 1.165) is 11.1 Å². The van der Waals surface area contributed by atoms with Crippen LogP contribution in [-0.4, -0.2) is 27.6 Å². The highest BCUT2D eigenvalue weighted by molar-refractivity contribution is 5.92. The molecule has 1 atom stereocenters. The predicted molar refractivity (Wildman–Crippen MR) is 94.6 cm³/mol. The van der Waals surface area contributed by atoms with Crippen LogP contribution >= 0.6 is 0 Å². The van der Waals surface area contributed by atoms with Crippen molar-refractivity contribution in [2.45, 2.75) is 39.3 Å². The van der Waals surface area contributed by atoms with Crippen molar-refractivity contribution in [2.24, 2.45) is 0 Å². The molecule has 0 aliphatic heterocycles. The summed E-state index contributed by atoms with van der Waals surface area (Å²) in [5.74, 6) is 5.78. The maximum absolute atomic E-state index is 12.1. The van der Waals surface area contributed by atoms with Gasteiger partial charge in [-0.3, -0.25) is 4.79 Å². The largest absolute Gasteiger partial charge is 0.388 e. The molecule has 2 N–H and O–H groups in total. The van der Waals surface area contributed by atoms with Gasteiger partial charge in [-0.05, 0) is 52.0 Å². The number of nitrogens with zero attached hydrogens (tertiary/aromatic N) is 1. The number of aromatic nitrogens is 1. The van der Waals surface area contributed by atoms with Gasteiger partial charge in [-0.2, -0.15) is 0 Å². The minimum atomic E-state index is -0.991. The summed E-state index contributed by atoms with van der Waals surface area (Å²) in [5, 5.41) is 12.6. The van der Waals surface area contributed by atoms with Gasteiger partial charge in [0.1, 0.15) is 5.69 Å². The van der Waals surface area contributed by atoms with Crippen LogP contribution in [0, 0.1) is 18.8 Å². The van der Waals surface area contributed by atoms with E-state index < -0.39 is 5.60 Å². The summed E-state index contributed by atoms with van der Waals surface area (Å²) in [6, 6.07) is 11.0. The molecule has 0 aliphatic rings. The predicted octanol–water partition coefficient (Wildman–Crippen LogP) is 2.68. The Balaban J connectivity index is 2.05. The number of carbonyl (C=O) groups is 1. The molecule has 0 aliphatic carbocycles. The maximum atomic E-state index is 12.1. The highest BCUT2D eigenvalue weighted by Crippen LogP contribution is 2.09. The molecule has 0 bridgehead atoms. The van der Waals surface area contributed by atoms with Crippen molar-refractivity contribution in [3.05, 3.63) is 65.0 Å². The third kappa shape index (κ3) is 4.94. The Morgan fingerprint density at radius 1 is 1.12 bits per heavy atom. The van der Waals surface area contributed by atoms with Crippen molar-refractivity contribution in [1.29, 1.82) is 0 Å². The number of benzene rings is 1. The van der Waals surface area contributed by atoms with Gasteiger partial charge in [0.05, 0.1) is 11.6 Å². The number of aryl methyl sites for hydroxylation is 1. The lowest BCUT2D eigenvalue weighted by Crippen LogP contribution is -2.47. The number of rotatable bonds is 3. The minimum absolute atomic E-state index is 0.298. The summed E-state index contributed by atoms with van der Waals surface area (Å²) < 4.78 is 0. The lowest BCUT2D eigenvalue weighted by atomic mass is 10.0. The first-order valence-corrected chi connectivity index (χ1v) is 7.83. The standard InChI is InChI=1S/C20H22N2O2/c1-14-5-7-16(8-6-14)9-10-17-11-12-18(21-13-17)19(23)22-15(2)20(3,4)24/h5-8,11-13,15,24H,1-4H3,(H,22,23)/t15-/m1/s1. The van der Waals surface area contributed by atoms with E-state index >= 15 is 0 Å². The molecule has 24 heavy (non-hydrogen) atoms. The molecule has 1 amide bonds. The Hall–Kier alpha value is -2.64. The van der Waals surface area contributed by atoms with Gasteiger partial charge in [0.2, 0.25) is 0 Å². The van der Waals surface area contributed by atoms with Crippen LogP contribution in [0.3, 0.4) is 0 Å². The van der Waals surface area contributed by atoms with Crippen molar-refractivity contribution in [3.63, 3.8) is 0 Å². The van der Waals surface area contributed by atoms with Gasteiger partial charge in [-0.15, -0.1) is 0 Å². The molecule has 1 heterocycles. The highest BCUT2D eigenvalue weighted by atomic mass is 16.3. The monoisotopic (exact) mass is 322 g/mol. The number of pyridine rings is 1. The zero-order chi connectivity index (χ0) is 17.7. The van der Waals surface area contributed by atoms with E-state index in [0.29, 0.717) is 5.69 Å². The van der Waals surface area contributed by atoms with Crippen LogP contribution in [0.15, 0.2) is 42.6 Å². The van der Waals surface area contributed by atoms with Crippen molar-refractivity contribution in [1.82, 2.24) is 10.3 Å². The third-order valence-electron chi connectivity index (χ3n) is 3.81. The molecule has 1 aromatic carbocycles. The van der Waals surface area contributed by atoms with Gasteiger partial charge >= 0.3 is 0 Å². The average molecular weight is 322 g/mol. The number of nitrogens with one attached hydrogen (secondary N) is 1. The molecule has 2 aromatic rings. The van der Waals surface area contributed by atoms with Crippen LogP contribution in [0.5, 0.6) is 0 Å². The second-order valence-corrected chi connectivity index (χ2v) is 6.40. The van der Waals surface area contributed by atoms with Gasteiger partial charge in [0.25, 0.3) is 5.91 Å². The molecule has 0 unspecified atom stereocenters. The molecule has 0 fully saturated rings. The van der Waals surface area contributed by atoms with E-state index in [2.05, 4.69) is 22.1 Å². The zero-order valence-electron chi connectivity index (χ0n) is 14.4. The molecular weight excluding hydrogens is 300 g/mol. The van der Waals surface area contributed by atoms with E-state index in [1.165, 1.54) is 5.56 Å². The minimum Gasteiger partial charge on any atom is -0.388 e. The second-order valence-electron chi connectivity index (χ2n) is 6.40. The summed E-state index contributed by atoms with van der Waals surface area (Å²) in [6.45, 7) is 7.08. The van der Waals surface area contributed by atoms with Crippen LogP contribution in [0.25, 0.3) is 0 Å². The number of aliphatic hydroxyl groups is 1. The number of carbonyl (C=O) groups excluding carboxylic acids is 1. The van der Waals surface area contributed by atoms with Gasteiger partial charge in [0.15, 0.2) is 0 Å². The van der Waals surface area contributed by atoms with Gasteiger partial charge in [-0.1, -0.05) is 29.5 Å². The number of amides is 1. The Labute approximate surface area is 142 Å².